The summed E-state index contributed by atoms with van der Waals surface area (Å²) in [6.45, 7) is 1.86. The van der Waals surface area contributed by atoms with Gasteiger partial charge in [-0.1, -0.05) is 11.8 Å². The standard InChI is InChI=1S/C11H12N4O3S2/c1-5-3-19-11(13-5)20-4-6(16)7-8(12)15(2)10(18)14-9(7)17/h3H,4,12H2,1-2H3,(H,14,17,18). The van der Waals surface area contributed by atoms with E-state index in [2.05, 4.69) is 9.97 Å². The van der Waals surface area contributed by atoms with Gasteiger partial charge in [0.1, 0.15) is 11.4 Å². The lowest BCUT2D eigenvalue weighted by molar-refractivity contribution is 0.102. The van der Waals surface area contributed by atoms with Crippen LogP contribution in [0, 0.1) is 6.92 Å². The summed E-state index contributed by atoms with van der Waals surface area (Å²) in [4.78, 5) is 41.3. The predicted molar refractivity (Wildman–Crippen MR) is 78.6 cm³/mol. The number of aromatic nitrogens is 3. The summed E-state index contributed by atoms with van der Waals surface area (Å²) in [5.74, 6) is -0.518. The van der Waals surface area contributed by atoms with E-state index in [1.165, 1.54) is 30.1 Å². The Morgan fingerprint density at radius 3 is 2.85 bits per heavy atom. The molecule has 106 valence electrons. The molecule has 0 radical (unpaired) electrons. The Morgan fingerprint density at radius 1 is 1.55 bits per heavy atom. The fourth-order valence-electron chi connectivity index (χ4n) is 1.50. The van der Waals surface area contributed by atoms with Gasteiger partial charge in [-0.3, -0.25) is 19.1 Å². The number of carbonyl (C=O) groups is 1. The number of thiazole rings is 1. The predicted octanol–water partition coefficient (Wildman–Crippen LogP) is 0.396. The normalized spacial score (nSPS) is 10.7. The van der Waals surface area contributed by atoms with Gasteiger partial charge in [0.25, 0.3) is 5.56 Å². The second-order valence-electron chi connectivity index (χ2n) is 4.05. The molecule has 0 aliphatic heterocycles. The summed E-state index contributed by atoms with van der Waals surface area (Å²) in [6, 6.07) is 0. The molecular formula is C11H12N4O3S2. The van der Waals surface area contributed by atoms with Crippen LogP contribution in [0.2, 0.25) is 0 Å². The third-order valence-corrected chi connectivity index (χ3v) is 4.71. The number of Topliss-reactive ketones (excluding diaryl/α,β-unsaturated/α-hetero) is 1. The van der Waals surface area contributed by atoms with E-state index in [0.717, 1.165) is 14.6 Å². The van der Waals surface area contributed by atoms with Crippen LogP contribution in [0.25, 0.3) is 0 Å². The van der Waals surface area contributed by atoms with Crippen LogP contribution in [0.15, 0.2) is 19.3 Å². The molecule has 0 atom stereocenters. The van der Waals surface area contributed by atoms with Gasteiger partial charge >= 0.3 is 5.69 Å². The molecule has 0 spiro atoms. The van der Waals surface area contributed by atoms with Crippen LogP contribution in [-0.2, 0) is 7.05 Å². The van der Waals surface area contributed by atoms with E-state index in [0.29, 0.717) is 0 Å². The van der Waals surface area contributed by atoms with Gasteiger partial charge in [-0.15, -0.1) is 11.3 Å². The Balaban J connectivity index is 2.24. The highest BCUT2D eigenvalue weighted by Crippen LogP contribution is 2.23. The zero-order valence-electron chi connectivity index (χ0n) is 10.8. The highest BCUT2D eigenvalue weighted by molar-refractivity contribution is 8.01. The summed E-state index contributed by atoms with van der Waals surface area (Å²) >= 11 is 2.66. The average Bonchev–Trinajstić information content (AvgIpc) is 2.79. The number of aryl methyl sites for hydroxylation is 1. The molecule has 0 amide bonds. The lowest BCUT2D eigenvalue weighted by Gasteiger charge is -2.06. The lowest BCUT2D eigenvalue weighted by atomic mass is 10.2. The number of nitrogens with two attached hydrogens (primary N) is 1. The molecule has 0 fully saturated rings. The summed E-state index contributed by atoms with van der Waals surface area (Å²) < 4.78 is 1.78. The number of nitrogens with zero attached hydrogens (tertiary/aromatic N) is 2. The Kier molecular flexibility index (Phi) is 4.09. The first-order valence-corrected chi connectivity index (χ1v) is 7.43. The third kappa shape index (κ3) is 2.83. The molecule has 0 saturated carbocycles. The summed E-state index contributed by atoms with van der Waals surface area (Å²) in [7, 11) is 1.39. The number of hydrogen-bond donors (Lipinski definition) is 2. The summed E-state index contributed by atoms with van der Waals surface area (Å²) in [5.41, 5.74) is 4.95. The Labute approximate surface area is 121 Å². The molecule has 0 saturated heterocycles. The zero-order valence-corrected chi connectivity index (χ0v) is 12.4. The molecule has 3 N–H and O–H groups in total. The number of H-pyrrole nitrogens is 1. The van der Waals surface area contributed by atoms with Crippen LogP contribution in [0.4, 0.5) is 5.82 Å². The van der Waals surface area contributed by atoms with Crippen molar-refractivity contribution in [1.29, 1.82) is 0 Å². The summed E-state index contributed by atoms with van der Waals surface area (Å²) in [6.07, 6.45) is 0. The van der Waals surface area contributed by atoms with Crippen molar-refractivity contribution < 1.29 is 4.79 Å². The third-order valence-electron chi connectivity index (χ3n) is 2.57. The molecule has 2 aromatic heterocycles. The fraction of sp³-hybridized carbons (Fsp3) is 0.273. The monoisotopic (exact) mass is 312 g/mol. The van der Waals surface area contributed by atoms with Crippen molar-refractivity contribution in [3.8, 4) is 0 Å². The van der Waals surface area contributed by atoms with Crippen molar-refractivity contribution in [1.82, 2.24) is 14.5 Å². The molecule has 9 heteroatoms. The largest absolute Gasteiger partial charge is 0.384 e. The minimum Gasteiger partial charge on any atom is -0.384 e. The number of nitrogen functional groups attached to an aromatic ring is 1. The number of ketones is 1. The number of rotatable bonds is 4. The van der Waals surface area contributed by atoms with Crippen molar-refractivity contribution >= 4 is 34.7 Å². The first-order chi connectivity index (χ1) is 9.40. The van der Waals surface area contributed by atoms with Crippen LogP contribution < -0.4 is 17.0 Å². The number of anilines is 1. The van der Waals surface area contributed by atoms with E-state index in [9.17, 15) is 14.4 Å². The Bertz CT molecular complexity index is 775. The van der Waals surface area contributed by atoms with Gasteiger partial charge < -0.3 is 5.73 Å². The topological polar surface area (TPSA) is 111 Å². The van der Waals surface area contributed by atoms with Gasteiger partial charge in [0, 0.05) is 18.1 Å². The van der Waals surface area contributed by atoms with Crippen molar-refractivity contribution in [3.05, 3.63) is 37.5 Å². The SMILES string of the molecule is Cc1csc(SCC(=O)c2c(N)n(C)c(=O)[nH]c2=O)n1. The van der Waals surface area contributed by atoms with E-state index in [-0.39, 0.29) is 17.1 Å². The highest BCUT2D eigenvalue weighted by Gasteiger charge is 2.18. The maximum absolute atomic E-state index is 12.1. The molecular weight excluding hydrogens is 300 g/mol. The number of aromatic amines is 1. The Morgan fingerprint density at radius 2 is 2.25 bits per heavy atom. The molecule has 0 aromatic carbocycles. The molecule has 2 rings (SSSR count). The van der Waals surface area contributed by atoms with Gasteiger partial charge in [0.15, 0.2) is 10.1 Å². The van der Waals surface area contributed by atoms with Gasteiger partial charge in [-0.25, -0.2) is 9.78 Å². The minimum absolute atomic E-state index is 0.0401. The fourth-order valence-corrected chi connectivity index (χ4v) is 3.23. The molecule has 0 bridgehead atoms. The first-order valence-electron chi connectivity index (χ1n) is 5.57. The second kappa shape index (κ2) is 5.63. The Hall–Kier alpha value is -1.87. The molecule has 7 nitrogen and oxygen atoms in total. The second-order valence-corrected chi connectivity index (χ2v) is 6.13. The zero-order chi connectivity index (χ0) is 14.9. The maximum atomic E-state index is 12.1. The van der Waals surface area contributed by atoms with Crippen LogP contribution in [0.3, 0.4) is 0 Å². The van der Waals surface area contributed by atoms with Crippen LogP contribution in [0.1, 0.15) is 16.1 Å². The van der Waals surface area contributed by atoms with Crippen molar-refractivity contribution in [2.45, 2.75) is 11.3 Å². The van der Waals surface area contributed by atoms with Gasteiger partial charge in [-0.2, -0.15) is 0 Å². The van der Waals surface area contributed by atoms with E-state index in [4.69, 9.17) is 5.73 Å². The smallest absolute Gasteiger partial charge is 0.329 e. The van der Waals surface area contributed by atoms with Gasteiger partial charge in [0.2, 0.25) is 0 Å². The maximum Gasteiger partial charge on any atom is 0.329 e. The molecule has 2 heterocycles. The van der Waals surface area contributed by atoms with E-state index < -0.39 is 17.0 Å². The minimum atomic E-state index is -0.758. The molecule has 0 aliphatic carbocycles. The number of nitrogens with one attached hydrogen (secondary N) is 1. The van der Waals surface area contributed by atoms with Gasteiger partial charge in [0.05, 0.1) is 5.75 Å². The lowest BCUT2D eigenvalue weighted by Crippen LogP contribution is -2.35. The van der Waals surface area contributed by atoms with Crippen LogP contribution >= 0.6 is 23.1 Å². The number of carbonyl (C=O) groups excluding carboxylic acids is 1. The van der Waals surface area contributed by atoms with Crippen molar-refractivity contribution in [2.75, 3.05) is 11.5 Å². The first kappa shape index (κ1) is 14.5. The van der Waals surface area contributed by atoms with E-state index in [1.807, 2.05) is 12.3 Å². The number of thioether (sulfide) groups is 1. The van der Waals surface area contributed by atoms with E-state index >= 15 is 0 Å². The molecule has 2 aromatic rings. The van der Waals surface area contributed by atoms with E-state index in [1.54, 1.807) is 0 Å². The average molecular weight is 312 g/mol. The highest BCUT2D eigenvalue weighted by atomic mass is 32.2. The number of hydrogen-bond acceptors (Lipinski definition) is 7. The van der Waals surface area contributed by atoms with Crippen molar-refractivity contribution in [3.63, 3.8) is 0 Å². The van der Waals surface area contributed by atoms with Crippen molar-refractivity contribution in [2.24, 2.45) is 7.05 Å². The quantitative estimate of drug-likeness (QED) is 0.624. The van der Waals surface area contributed by atoms with Crippen LogP contribution in [0.5, 0.6) is 0 Å². The van der Waals surface area contributed by atoms with Gasteiger partial charge in [-0.05, 0) is 6.92 Å². The molecule has 0 unspecified atom stereocenters. The molecule has 20 heavy (non-hydrogen) atoms. The summed E-state index contributed by atoms with van der Waals surface area (Å²) in [5, 5.41) is 1.88. The molecule has 0 aliphatic rings. The van der Waals surface area contributed by atoms with Crippen LogP contribution in [-0.4, -0.2) is 26.1 Å².